The molecule has 0 aromatic heterocycles. The third-order valence-corrected chi connectivity index (χ3v) is 14.7. The molecule has 5 aliphatic carbocycles. The average molecular weight is 619 g/mol. The van der Waals surface area contributed by atoms with Crippen LogP contribution in [0.5, 0.6) is 5.75 Å². The van der Waals surface area contributed by atoms with Crippen LogP contribution in [0.4, 0.5) is 0 Å². The zero-order valence-electron chi connectivity index (χ0n) is 28.2. The number of benzene rings is 1. The zero-order valence-corrected chi connectivity index (χ0v) is 28.2. The summed E-state index contributed by atoms with van der Waals surface area (Å²) in [4.78, 5) is 26.0. The van der Waals surface area contributed by atoms with Gasteiger partial charge in [0, 0.05) is 11.5 Å². The van der Waals surface area contributed by atoms with Crippen molar-refractivity contribution >= 4 is 18.0 Å². The summed E-state index contributed by atoms with van der Waals surface area (Å²) in [5.41, 5.74) is 1.11. The van der Waals surface area contributed by atoms with E-state index < -0.39 is 22.8 Å². The molecule has 45 heavy (non-hydrogen) atoms. The number of fused-ring (bicyclic) bond motifs is 7. The van der Waals surface area contributed by atoms with Crippen LogP contribution in [0.15, 0.2) is 42.0 Å². The second-order valence-electron chi connectivity index (χ2n) is 17.2. The van der Waals surface area contributed by atoms with E-state index in [0.29, 0.717) is 12.3 Å². The molecular formula is C39H54O6. The van der Waals surface area contributed by atoms with Crippen molar-refractivity contribution in [1.82, 2.24) is 0 Å². The molecule has 0 spiro atoms. The summed E-state index contributed by atoms with van der Waals surface area (Å²) in [5, 5.41) is 31.2. The first-order valence-electron chi connectivity index (χ1n) is 17.3. The van der Waals surface area contributed by atoms with Crippen molar-refractivity contribution in [2.24, 2.45) is 50.2 Å². The highest BCUT2D eigenvalue weighted by atomic mass is 16.5. The molecule has 0 saturated heterocycles. The van der Waals surface area contributed by atoms with Gasteiger partial charge in [0.15, 0.2) is 0 Å². The summed E-state index contributed by atoms with van der Waals surface area (Å²) >= 11 is 0. The second-order valence-corrected chi connectivity index (χ2v) is 17.2. The first-order chi connectivity index (χ1) is 21.0. The molecule has 0 heterocycles. The van der Waals surface area contributed by atoms with Crippen molar-refractivity contribution in [2.75, 3.05) is 6.61 Å². The van der Waals surface area contributed by atoms with E-state index >= 15 is 0 Å². The van der Waals surface area contributed by atoms with Gasteiger partial charge in [0.2, 0.25) is 0 Å². The predicted molar refractivity (Wildman–Crippen MR) is 175 cm³/mol. The fourth-order valence-electron chi connectivity index (χ4n) is 11.8. The van der Waals surface area contributed by atoms with Crippen LogP contribution in [0.2, 0.25) is 0 Å². The van der Waals surface area contributed by atoms with Crippen molar-refractivity contribution in [3.05, 3.63) is 47.6 Å². The highest BCUT2D eigenvalue weighted by Gasteiger charge is 2.70. The van der Waals surface area contributed by atoms with Gasteiger partial charge in [0.05, 0.1) is 12.0 Å². The molecule has 0 radical (unpaired) electrons. The largest absolute Gasteiger partial charge is 0.508 e. The summed E-state index contributed by atoms with van der Waals surface area (Å²) < 4.78 is 6.11. The fraction of sp³-hybridized carbons (Fsp3) is 0.692. The zero-order chi connectivity index (χ0) is 32.6. The van der Waals surface area contributed by atoms with Gasteiger partial charge in [0.1, 0.15) is 11.9 Å². The SMILES string of the molecule is CC1(C)CC[C@]2(C(=O)O)CC[C@]3(C)C(=CC[C@@H]4[C@@]5(C)CCC(OC(=O)/C=C/c6ccc(O)cc6)[C@@](C)(CO)[C@@H]5CC[C@]43C)[C@@H]2C1. The summed E-state index contributed by atoms with van der Waals surface area (Å²) in [6, 6.07) is 6.66. The highest BCUT2D eigenvalue weighted by Crippen LogP contribution is 2.75. The molecule has 1 unspecified atom stereocenters. The number of aliphatic hydroxyl groups excluding tert-OH is 1. The molecule has 0 bridgehead atoms. The van der Waals surface area contributed by atoms with Crippen LogP contribution >= 0.6 is 0 Å². The quantitative estimate of drug-likeness (QED) is 0.175. The molecule has 1 aromatic rings. The summed E-state index contributed by atoms with van der Waals surface area (Å²) in [7, 11) is 0. The molecule has 1 aromatic carbocycles. The Kier molecular flexibility index (Phi) is 7.70. The number of carboxylic acids is 1. The van der Waals surface area contributed by atoms with E-state index in [9.17, 15) is 24.9 Å². The number of esters is 1. The Morgan fingerprint density at radius 3 is 2.27 bits per heavy atom. The minimum absolute atomic E-state index is 0.0291. The normalized spacial score (nSPS) is 43.7. The number of aliphatic hydroxyl groups is 1. The van der Waals surface area contributed by atoms with Crippen LogP contribution in [0.3, 0.4) is 0 Å². The lowest BCUT2D eigenvalue weighted by molar-refractivity contribution is -0.223. The fourth-order valence-corrected chi connectivity index (χ4v) is 11.8. The minimum atomic E-state index is -0.640. The van der Waals surface area contributed by atoms with E-state index in [-0.39, 0.29) is 52.0 Å². The maximum atomic E-state index is 13.0. The van der Waals surface area contributed by atoms with Gasteiger partial charge >= 0.3 is 11.9 Å². The molecule has 9 atom stereocenters. The van der Waals surface area contributed by atoms with Gasteiger partial charge in [-0.3, -0.25) is 4.79 Å². The molecule has 4 saturated carbocycles. The number of aromatic hydroxyl groups is 1. The van der Waals surface area contributed by atoms with E-state index in [1.165, 1.54) is 11.6 Å². The molecule has 6 rings (SSSR count). The molecule has 3 N–H and O–H groups in total. The first kappa shape index (κ1) is 32.3. The van der Waals surface area contributed by atoms with Crippen molar-refractivity contribution < 1.29 is 29.6 Å². The van der Waals surface area contributed by atoms with Crippen LogP contribution in [-0.4, -0.2) is 40.0 Å². The molecule has 6 heteroatoms. The number of carbonyl (C=O) groups is 2. The van der Waals surface area contributed by atoms with E-state index in [4.69, 9.17) is 4.74 Å². The van der Waals surface area contributed by atoms with Crippen LogP contribution in [-0.2, 0) is 14.3 Å². The first-order valence-corrected chi connectivity index (χ1v) is 17.3. The molecule has 0 amide bonds. The van der Waals surface area contributed by atoms with Crippen molar-refractivity contribution in [2.45, 2.75) is 112 Å². The van der Waals surface area contributed by atoms with Gasteiger partial charge in [-0.1, -0.05) is 65.3 Å². The minimum Gasteiger partial charge on any atom is -0.508 e. The molecule has 246 valence electrons. The van der Waals surface area contributed by atoms with Crippen molar-refractivity contribution in [1.29, 1.82) is 0 Å². The lowest BCUT2D eigenvalue weighted by Crippen LogP contribution is -2.66. The van der Waals surface area contributed by atoms with Crippen LogP contribution in [0.1, 0.15) is 111 Å². The van der Waals surface area contributed by atoms with Gasteiger partial charge in [-0.05, 0) is 127 Å². The maximum Gasteiger partial charge on any atom is 0.331 e. The second kappa shape index (κ2) is 10.7. The predicted octanol–water partition coefficient (Wildman–Crippen LogP) is 8.18. The number of aliphatic carboxylic acids is 1. The smallest absolute Gasteiger partial charge is 0.331 e. The molecule has 0 aliphatic heterocycles. The monoisotopic (exact) mass is 618 g/mol. The van der Waals surface area contributed by atoms with Gasteiger partial charge in [-0.2, -0.15) is 0 Å². The number of allylic oxidation sites excluding steroid dienone is 2. The average Bonchev–Trinajstić information content (AvgIpc) is 2.98. The Hall–Kier alpha value is -2.60. The maximum absolute atomic E-state index is 13.0. The summed E-state index contributed by atoms with van der Waals surface area (Å²) in [6.45, 7) is 14.1. The van der Waals surface area contributed by atoms with Crippen molar-refractivity contribution in [3.8, 4) is 5.75 Å². The number of rotatable bonds is 5. The van der Waals surface area contributed by atoms with E-state index in [1.54, 1.807) is 30.3 Å². The number of carboxylic acid groups (broad SMARTS) is 1. The molecule has 4 fully saturated rings. The Morgan fingerprint density at radius 1 is 0.911 bits per heavy atom. The number of phenols is 1. The van der Waals surface area contributed by atoms with Crippen LogP contribution in [0, 0.1) is 50.2 Å². The molecule has 6 nitrogen and oxygen atoms in total. The highest BCUT2D eigenvalue weighted by molar-refractivity contribution is 5.87. The number of phenolic OH excluding ortho intramolecular Hbond substituents is 1. The Morgan fingerprint density at radius 2 is 1.60 bits per heavy atom. The third-order valence-electron chi connectivity index (χ3n) is 14.7. The lowest BCUT2D eigenvalue weighted by Gasteiger charge is -2.71. The summed E-state index contributed by atoms with van der Waals surface area (Å²) in [5.74, 6) is -0.130. The number of hydrogen-bond acceptors (Lipinski definition) is 5. The van der Waals surface area contributed by atoms with E-state index in [1.807, 2.05) is 0 Å². The Balaban J connectivity index is 1.28. The van der Waals surface area contributed by atoms with Gasteiger partial charge in [-0.25, -0.2) is 4.79 Å². The standard InChI is InChI=1S/C39H54O6/c1-34(2)19-21-39(33(43)44)22-20-37(5)27(28(39)23-34)12-13-30-35(3)17-16-31(36(4,24-40)29(35)15-18-38(30,37)6)45-32(42)14-9-25-7-10-26(41)11-8-25/h7-12,14,28-31,40-41H,13,15-24H2,1-6H3,(H,43,44)/b14-9+/t28-,29+,30+,31?,35-,36-,37+,38+,39-/m0/s1. The number of carbonyl (C=O) groups excluding carboxylic acids is 1. The van der Waals surface area contributed by atoms with Gasteiger partial charge in [-0.15, -0.1) is 0 Å². The molecule has 5 aliphatic rings. The van der Waals surface area contributed by atoms with E-state index in [2.05, 4.69) is 47.6 Å². The number of ether oxygens (including phenoxy) is 1. The van der Waals surface area contributed by atoms with E-state index in [0.717, 1.165) is 63.4 Å². The molecular weight excluding hydrogens is 564 g/mol. The van der Waals surface area contributed by atoms with Gasteiger partial charge in [0.25, 0.3) is 0 Å². The van der Waals surface area contributed by atoms with Crippen LogP contribution < -0.4 is 0 Å². The Bertz CT molecular complexity index is 1410. The number of hydrogen-bond donors (Lipinski definition) is 3. The van der Waals surface area contributed by atoms with Gasteiger partial charge < -0.3 is 20.1 Å². The van der Waals surface area contributed by atoms with Crippen LogP contribution in [0.25, 0.3) is 6.08 Å². The topological polar surface area (TPSA) is 104 Å². The van der Waals surface area contributed by atoms with Crippen molar-refractivity contribution in [3.63, 3.8) is 0 Å². The summed E-state index contributed by atoms with van der Waals surface area (Å²) in [6.07, 6.45) is 14.2. The third kappa shape index (κ3) is 4.74. The lowest BCUT2D eigenvalue weighted by atomic mass is 9.33. The Labute approximate surface area is 269 Å².